The van der Waals surface area contributed by atoms with Crippen molar-refractivity contribution in [2.24, 2.45) is 0 Å². The molecule has 0 aromatic carbocycles. The number of ether oxygens (including phenoxy) is 2. The third kappa shape index (κ3) is 3.91. The molecule has 0 radical (unpaired) electrons. The summed E-state index contributed by atoms with van der Waals surface area (Å²) in [6, 6.07) is 4.66. The fourth-order valence-corrected chi connectivity index (χ4v) is 4.23. The van der Waals surface area contributed by atoms with Crippen LogP contribution in [-0.4, -0.2) is 56.3 Å². The van der Waals surface area contributed by atoms with E-state index < -0.39 is 11.9 Å². The molecule has 1 aliphatic rings. The molecule has 10 heteroatoms. The minimum absolute atomic E-state index is 0.337. The quantitative estimate of drug-likeness (QED) is 0.463. The van der Waals surface area contributed by atoms with Gasteiger partial charge in [-0.1, -0.05) is 0 Å². The number of fused-ring (bicyclic) bond motifs is 2. The predicted molar refractivity (Wildman–Crippen MR) is 119 cm³/mol. The van der Waals surface area contributed by atoms with Crippen LogP contribution >= 0.6 is 0 Å². The van der Waals surface area contributed by atoms with Crippen LogP contribution in [-0.2, 0) is 13.0 Å². The summed E-state index contributed by atoms with van der Waals surface area (Å²) in [5, 5.41) is 22.7. The molecule has 1 aliphatic heterocycles. The SMILES string of the molecule is COc1cnn2cc(-c3nn4c(c3C)CCNCC4)cc(OC(CO)c3ccc(F)cn3)c12. The van der Waals surface area contributed by atoms with Gasteiger partial charge in [0, 0.05) is 37.0 Å². The summed E-state index contributed by atoms with van der Waals surface area (Å²) in [5.41, 5.74) is 5.04. The molecule has 4 aromatic heterocycles. The molecule has 0 bridgehead atoms. The maximum atomic E-state index is 13.3. The lowest BCUT2D eigenvalue weighted by Crippen LogP contribution is -2.17. The zero-order valence-electron chi connectivity index (χ0n) is 18.5. The van der Waals surface area contributed by atoms with Gasteiger partial charge in [0.15, 0.2) is 23.1 Å². The van der Waals surface area contributed by atoms with Gasteiger partial charge in [-0.05, 0) is 30.7 Å². The summed E-state index contributed by atoms with van der Waals surface area (Å²) in [7, 11) is 1.56. The highest BCUT2D eigenvalue weighted by atomic mass is 19.1. The number of hydrogen-bond donors (Lipinski definition) is 2. The summed E-state index contributed by atoms with van der Waals surface area (Å²) in [5.74, 6) is 0.530. The highest BCUT2D eigenvalue weighted by Gasteiger charge is 2.23. The van der Waals surface area contributed by atoms with Crippen molar-refractivity contribution >= 4 is 5.52 Å². The number of pyridine rings is 2. The van der Waals surface area contributed by atoms with Crippen LogP contribution in [0.4, 0.5) is 4.39 Å². The Morgan fingerprint density at radius 1 is 1.24 bits per heavy atom. The van der Waals surface area contributed by atoms with Crippen LogP contribution < -0.4 is 14.8 Å². The number of aromatic nitrogens is 5. The minimum Gasteiger partial charge on any atom is -0.493 e. The summed E-state index contributed by atoms with van der Waals surface area (Å²) in [6.45, 7) is 4.34. The van der Waals surface area contributed by atoms with Crippen LogP contribution in [0.5, 0.6) is 11.5 Å². The van der Waals surface area contributed by atoms with Crippen LogP contribution in [0.1, 0.15) is 23.1 Å². The maximum Gasteiger partial charge on any atom is 0.168 e. The van der Waals surface area contributed by atoms with Crippen LogP contribution in [0.2, 0.25) is 0 Å². The van der Waals surface area contributed by atoms with Crippen LogP contribution in [0.25, 0.3) is 16.8 Å². The van der Waals surface area contributed by atoms with E-state index in [2.05, 4.69) is 27.0 Å². The van der Waals surface area contributed by atoms with E-state index >= 15 is 0 Å². The van der Waals surface area contributed by atoms with Gasteiger partial charge in [-0.15, -0.1) is 0 Å². The summed E-state index contributed by atoms with van der Waals surface area (Å²) >= 11 is 0. The van der Waals surface area contributed by atoms with Gasteiger partial charge in [-0.2, -0.15) is 10.2 Å². The van der Waals surface area contributed by atoms with E-state index in [1.54, 1.807) is 17.8 Å². The lowest BCUT2D eigenvalue weighted by atomic mass is 10.1. The van der Waals surface area contributed by atoms with E-state index in [0.29, 0.717) is 22.7 Å². The molecule has 5 rings (SSSR count). The Kier molecular flexibility index (Phi) is 5.69. The topological polar surface area (TPSA) is 98.7 Å². The monoisotopic (exact) mass is 452 g/mol. The van der Waals surface area contributed by atoms with Crippen molar-refractivity contribution in [1.82, 2.24) is 29.7 Å². The standard InChI is InChI=1S/C23H25FN6O3/c1-14-18-5-6-25-7-8-29(18)28-22(14)15-9-19(23-20(32-2)11-27-30(23)12-15)33-21(13-31)17-4-3-16(24)10-26-17/h3-4,9-12,21,25,31H,5-8,13H2,1-2H3. The minimum atomic E-state index is -0.796. The number of hydrogen-bond acceptors (Lipinski definition) is 7. The highest BCUT2D eigenvalue weighted by Crippen LogP contribution is 2.36. The second-order valence-electron chi connectivity index (χ2n) is 7.93. The van der Waals surface area contributed by atoms with Gasteiger partial charge in [-0.3, -0.25) is 9.67 Å². The molecule has 33 heavy (non-hydrogen) atoms. The van der Waals surface area contributed by atoms with E-state index in [4.69, 9.17) is 14.6 Å². The van der Waals surface area contributed by atoms with Crippen molar-refractivity contribution in [1.29, 1.82) is 0 Å². The van der Waals surface area contributed by atoms with E-state index in [0.717, 1.165) is 49.1 Å². The van der Waals surface area contributed by atoms with Gasteiger partial charge in [0.05, 0.1) is 44.0 Å². The average molecular weight is 452 g/mol. The number of halogens is 1. The number of nitrogens with one attached hydrogen (secondary N) is 1. The van der Waals surface area contributed by atoms with Crippen molar-refractivity contribution < 1.29 is 19.0 Å². The Labute approximate surface area is 189 Å². The molecule has 172 valence electrons. The smallest absolute Gasteiger partial charge is 0.168 e. The molecular formula is C23H25FN6O3. The number of methoxy groups -OCH3 is 1. The van der Waals surface area contributed by atoms with Gasteiger partial charge in [0.25, 0.3) is 0 Å². The molecule has 9 nitrogen and oxygen atoms in total. The van der Waals surface area contributed by atoms with E-state index in [1.165, 1.54) is 17.8 Å². The number of aliphatic hydroxyl groups is 1. The Balaban J connectivity index is 1.61. The molecule has 0 saturated heterocycles. The van der Waals surface area contributed by atoms with Gasteiger partial charge in [0.2, 0.25) is 0 Å². The first-order valence-corrected chi connectivity index (χ1v) is 10.8. The summed E-state index contributed by atoms with van der Waals surface area (Å²) in [6.07, 6.45) is 4.71. The molecule has 1 unspecified atom stereocenters. The molecule has 0 spiro atoms. The van der Waals surface area contributed by atoms with Crippen LogP contribution in [0.3, 0.4) is 0 Å². The number of aliphatic hydroxyl groups excluding tert-OH is 1. The maximum absolute atomic E-state index is 13.3. The Morgan fingerprint density at radius 2 is 2.12 bits per heavy atom. The van der Waals surface area contributed by atoms with E-state index in [-0.39, 0.29) is 6.61 Å². The highest BCUT2D eigenvalue weighted by molar-refractivity contribution is 5.75. The van der Waals surface area contributed by atoms with E-state index in [1.807, 2.05) is 12.3 Å². The number of rotatable bonds is 6. The average Bonchev–Trinajstić information content (AvgIpc) is 3.29. The van der Waals surface area contributed by atoms with E-state index in [9.17, 15) is 9.50 Å². The first-order chi connectivity index (χ1) is 16.1. The Bertz CT molecular complexity index is 1280. The number of nitrogens with zero attached hydrogens (tertiary/aromatic N) is 5. The third-order valence-corrected chi connectivity index (χ3v) is 5.91. The fourth-order valence-electron chi connectivity index (χ4n) is 4.23. The molecule has 0 aliphatic carbocycles. The molecule has 0 amide bonds. The predicted octanol–water partition coefficient (Wildman–Crippen LogP) is 2.31. The Hall–Kier alpha value is -3.50. The second-order valence-corrected chi connectivity index (χ2v) is 7.93. The molecular weight excluding hydrogens is 427 g/mol. The van der Waals surface area contributed by atoms with Gasteiger partial charge in [0.1, 0.15) is 5.82 Å². The van der Waals surface area contributed by atoms with Gasteiger partial charge in [-0.25, -0.2) is 8.91 Å². The van der Waals surface area contributed by atoms with Crippen molar-refractivity contribution in [3.05, 3.63) is 59.6 Å². The zero-order chi connectivity index (χ0) is 22.9. The van der Waals surface area contributed by atoms with Crippen molar-refractivity contribution in [3.63, 3.8) is 0 Å². The molecule has 0 fully saturated rings. The van der Waals surface area contributed by atoms with Crippen molar-refractivity contribution in [2.75, 3.05) is 26.8 Å². The lowest BCUT2D eigenvalue weighted by molar-refractivity contribution is 0.114. The van der Waals surface area contributed by atoms with Crippen LogP contribution in [0.15, 0.2) is 36.8 Å². The van der Waals surface area contributed by atoms with Crippen molar-refractivity contribution in [2.45, 2.75) is 26.0 Å². The normalized spacial score (nSPS) is 14.7. The van der Waals surface area contributed by atoms with Crippen molar-refractivity contribution in [3.8, 4) is 22.8 Å². The fraction of sp³-hybridized carbons (Fsp3) is 0.348. The third-order valence-electron chi connectivity index (χ3n) is 5.91. The first-order valence-electron chi connectivity index (χ1n) is 10.8. The van der Waals surface area contributed by atoms with Gasteiger partial charge < -0.3 is 19.9 Å². The lowest BCUT2D eigenvalue weighted by Gasteiger charge is -2.18. The van der Waals surface area contributed by atoms with Gasteiger partial charge >= 0.3 is 0 Å². The van der Waals surface area contributed by atoms with Crippen LogP contribution in [0, 0.1) is 12.7 Å². The Morgan fingerprint density at radius 3 is 2.88 bits per heavy atom. The molecule has 5 heterocycles. The first kappa shape index (κ1) is 21.4. The molecule has 4 aromatic rings. The summed E-state index contributed by atoms with van der Waals surface area (Å²) < 4.78 is 28.8. The largest absolute Gasteiger partial charge is 0.493 e. The molecule has 0 saturated carbocycles. The molecule has 1 atom stereocenters. The second kappa shape index (κ2) is 8.80. The zero-order valence-corrected chi connectivity index (χ0v) is 18.5. The molecule has 2 N–H and O–H groups in total. The summed E-state index contributed by atoms with van der Waals surface area (Å²) in [4.78, 5) is 4.07.